The number of aliphatic hydroxyl groups is 2. The number of aromatic nitrogens is 1. The van der Waals surface area contributed by atoms with Gasteiger partial charge in [0.1, 0.15) is 32.5 Å². The number of halogens is 1. The van der Waals surface area contributed by atoms with Crippen LogP contribution < -0.4 is 0 Å². The lowest BCUT2D eigenvalue weighted by atomic mass is 9.85. The number of rotatable bonds is 10. The van der Waals surface area contributed by atoms with Crippen LogP contribution in [0.3, 0.4) is 0 Å². The zero-order chi connectivity index (χ0) is 26.0. The second kappa shape index (κ2) is 10.6. The molecule has 2 rings (SSSR count). The summed E-state index contributed by atoms with van der Waals surface area (Å²) in [7, 11) is -4.16. The van der Waals surface area contributed by atoms with Gasteiger partial charge < -0.3 is 10.2 Å². The fourth-order valence-corrected chi connectivity index (χ4v) is 6.61. The highest BCUT2D eigenvalue weighted by Crippen LogP contribution is 2.33. The maximum absolute atomic E-state index is 15.1. The van der Waals surface area contributed by atoms with Crippen molar-refractivity contribution in [2.75, 3.05) is 5.75 Å². The van der Waals surface area contributed by atoms with Gasteiger partial charge in [-0.2, -0.15) is 5.26 Å². The topological polar surface area (TPSA) is 128 Å². The summed E-state index contributed by atoms with van der Waals surface area (Å²) in [4.78, 5) is 17.0. The standard InChI is InChI=1S/C24H31FN2O5S2/c1-13(2)7-15-8-16(10-26)21(25)20(14(3)4)18(15)9-17(29)12-34(31,32)22-19(11-28)27-23(33-22)24(5,6)30/h8,13-14,28,30H,7,9,11-12H2,1-6H3. The molecule has 10 heteroatoms. The minimum atomic E-state index is -4.16. The molecule has 2 N–H and O–H groups in total. The Kier molecular flexibility index (Phi) is 8.75. The number of nitrogens with zero attached hydrogens (tertiary/aromatic N) is 2. The first kappa shape index (κ1) is 28.1. The number of benzene rings is 1. The molecular weight excluding hydrogens is 479 g/mol. The number of hydrogen-bond donors (Lipinski definition) is 2. The van der Waals surface area contributed by atoms with Crippen LogP contribution in [0.1, 0.15) is 80.4 Å². The Hall–Kier alpha value is -2.19. The Bertz CT molecular complexity index is 1220. The first-order valence-corrected chi connectivity index (χ1v) is 13.4. The Morgan fingerprint density at radius 3 is 2.38 bits per heavy atom. The number of nitriles is 1. The summed E-state index contributed by atoms with van der Waals surface area (Å²) in [5.41, 5.74) is -0.310. The zero-order valence-electron chi connectivity index (χ0n) is 20.3. The zero-order valence-corrected chi connectivity index (χ0v) is 21.9. The second-order valence-electron chi connectivity index (χ2n) is 9.60. The van der Waals surface area contributed by atoms with Crippen LogP contribution in [-0.2, 0) is 39.7 Å². The number of ketones is 1. The lowest BCUT2D eigenvalue weighted by Crippen LogP contribution is -2.21. The third-order valence-electron chi connectivity index (χ3n) is 5.17. The maximum atomic E-state index is 15.1. The quantitative estimate of drug-likeness (QED) is 0.498. The van der Waals surface area contributed by atoms with Gasteiger partial charge in [0.2, 0.25) is 0 Å². The minimum Gasteiger partial charge on any atom is -0.390 e. The van der Waals surface area contributed by atoms with E-state index in [4.69, 9.17) is 0 Å². The van der Waals surface area contributed by atoms with Crippen LogP contribution in [0.4, 0.5) is 4.39 Å². The molecule has 186 valence electrons. The van der Waals surface area contributed by atoms with E-state index >= 15 is 4.39 Å². The van der Waals surface area contributed by atoms with Gasteiger partial charge in [-0.15, -0.1) is 11.3 Å². The van der Waals surface area contributed by atoms with Crippen LogP contribution in [0.5, 0.6) is 0 Å². The van der Waals surface area contributed by atoms with Crippen LogP contribution in [-0.4, -0.2) is 35.2 Å². The summed E-state index contributed by atoms with van der Waals surface area (Å²) < 4.78 is 40.9. The van der Waals surface area contributed by atoms with Gasteiger partial charge in [0.25, 0.3) is 0 Å². The van der Waals surface area contributed by atoms with E-state index in [1.54, 1.807) is 13.8 Å². The van der Waals surface area contributed by atoms with Crippen molar-refractivity contribution in [3.8, 4) is 6.07 Å². The fourth-order valence-electron chi connectivity index (χ4n) is 3.76. The summed E-state index contributed by atoms with van der Waals surface area (Å²) in [6, 6.07) is 3.31. The fraction of sp³-hybridized carbons (Fsp3) is 0.542. The predicted molar refractivity (Wildman–Crippen MR) is 128 cm³/mol. The molecular formula is C24H31FN2O5S2. The van der Waals surface area contributed by atoms with Crippen LogP contribution in [0.2, 0.25) is 0 Å². The van der Waals surface area contributed by atoms with Crippen molar-refractivity contribution in [1.29, 1.82) is 5.26 Å². The van der Waals surface area contributed by atoms with Crippen LogP contribution in [0.15, 0.2) is 10.3 Å². The predicted octanol–water partition coefficient (Wildman–Crippen LogP) is 3.78. The van der Waals surface area contributed by atoms with Gasteiger partial charge in [-0.25, -0.2) is 17.8 Å². The number of carbonyl (C=O) groups is 1. The molecule has 0 bridgehead atoms. The van der Waals surface area contributed by atoms with E-state index in [0.29, 0.717) is 28.9 Å². The van der Waals surface area contributed by atoms with Crippen LogP contribution in [0.25, 0.3) is 0 Å². The Morgan fingerprint density at radius 2 is 1.91 bits per heavy atom. The van der Waals surface area contributed by atoms with E-state index in [1.165, 1.54) is 19.9 Å². The molecule has 7 nitrogen and oxygen atoms in total. The van der Waals surface area contributed by atoms with Gasteiger partial charge in [0.15, 0.2) is 15.6 Å². The number of aliphatic hydroxyl groups excluding tert-OH is 1. The van der Waals surface area contributed by atoms with Crippen molar-refractivity contribution in [2.45, 2.75) is 76.7 Å². The first-order chi connectivity index (χ1) is 15.6. The maximum Gasteiger partial charge on any atom is 0.196 e. The lowest BCUT2D eigenvalue weighted by Gasteiger charge is -2.20. The number of carbonyl (C=O) groups excluding carboxylic acids is 1. The molecule has 1 heterocycles. The molecule has 0 aliphatic carbocycles. The van der Waals surface area contributed by atoms with E-state index in [-0.39, 0.29) is 44.3 Å². The Labute approximate surface area is 204 Å². The van der Waals surface area contributed by atoms with Crippen molar-refractivity contribution in [3.63, 3.8) is 0 Å². The van der Waals surface area contributed by atoms with Crippen molar-refractivity contribution in [1.82, 2.24) is 4.98 Å². The molecule has 2 aromatic rings. The molecule has 0 saturated heterocycles. The molecule has 0 unspecified atom stereocenters. The molecule has 0 saturated carbocycles. The van der Waals surface area contributed by atoms with E-state index in [2.05, 4.69) is 4.98 Å². The van der Waals surface area contributed by atoms with Crippen LogP contribution >= 0.6 is 11.3 Å². The normalized spacial score (nSPS) is 12.4. The van der Waals surface area contributed by atoms with Crippen molar-refractivity contribution in [3.05, 3.63) is 44.8 Å². The van der Waals surface area contributed by atoms with Crippen molar-refractivity contribution in [2.24, 2.45) is 5.92 Å². The Morgan fingerprint density at radius 1 is 1.29 bits per heavy atom. The van der Waals surface area contributed by atoms with Gasteiger partial charge in [-0.1, -0.05) is 27.7 Å². The summed E-state index contributed by atoms with van der Waals surface area (Å²) in [5, 5.41) is 29.2. The molecule has 0 atom stereocenters. The van der Waals surface area contributed by atoms with Gasteiger partial charge in [-0.3, -0.25) is 4.79 Å². The summed E-state index contributed by atoms with van der Waals surface area (Å²) in [6.45, 7) is 9.66. The highest BCUT2D eigenvalue weighted by Gasteiger charge is 2.31. The van der Waals surface area contributed by atoms with Crippen molar-refractivity contribution < 1.29 is 27.8 Å². The summed E-state index contributed by atoms with van der Waals surface area (Å²) in [6.07, 6.45) is 0.200. The molecule has 0 amide bonds. The van der Waals surface area contributed by atoms with Gasteiger partial charge in [0.05, 0.1) is 17.9 Å². The van der Waals surface area contributed by atoms with E-state index in [1.807, 2.05) is 19.9 Å². The average molecular weight is 511 g/mol. The molecule has 0 spiro atoms. The van der Waals surface area contributed by atoms with Gasteiger partial charge in [-0.05, 0) is 54.9 Å². The van der Waals surface area contributed by atoms with Crippen molar-refractivity contribution >= 4 is 27.0 Å². The number of Topliss-reactive ketones (excluding diaryl/α,β-unsaturated/α-hetero) is 1. The Balaban J connectivity index is 2.49. The molecule has 0 aliphatic rings. The molecule has 1 aromatic heterocycles. The van der Waals surface area contributed by atoms with Gasteiger partial charge in [0, 0.05) is 6.42 Å². The summed E-state index contributed by atoms with van der Waals surface area (Å²) >= 11 is 0.716. The number of hydrogen-bond acceptors (Lipinski definition) is 8. The lowest BCUT2D eigenvalue weighted by molar-refractivity contribution is -0.116. The molecule has 1 aromatic carbocycles. The number of sulfone groups is 1. The van der Waals surface area contributed by atoms with Crippen LogP contribution in [0, 0.1) is 23.1 Å². The monoisotopic (exact) mass is 510 g/mol. The van der Waals surface area contributed by atoms with E-state index in [0.717, 1.165) is 0 Å². The van der Waals surface area contributed by atoms with Gasteiger partial charge >= 0.3 is 0 Å². The number of thiazole rings is 1. The third kappa shape index (κ3) is 6.27. The summed E-state index contributed by atoms with van der Waals surface area (Å²) in [5.74, 6) is -2.34. The molecule has 0 aliphatic heterocycles. The van der Waals surface area contributed by atoms with E-state index in [9.17, 15) is 28.7 Å². The SMILES string of the molecule is CC(C)Cc1cc(C#N)c(F)c(C(C)C)c1CC(=O)CS(=O)(=O)c1sc(C(C)(C)O)nc1CO. The largest absolute Gasteiger partial charge is 0.390 e. The highest BCUT2D eigenvalue weighted by molar-refractivity contribution is 7.94. The third-order valence-corrected chi connectivity index (χ3v) is 8.89. The van der Waals surface area contributed by atoms with E-state index < -0.39 is 39.4 Å². The molecule has 0 radical (unpaired) electrons. The first-order valence-electron chi connectivity index (χ1n) is 10.9. The minimum absolute atomic E-state index is 0.0976. The highest BCUT2D eigenvalue weighted by atomic mass is 32.2. The average Bonchev–Trinajstić information content (AvgIpc) is 3.15. The second-order valence-corrected chi connectivity index (χ2v) is 12.8. The molecule has 0 fully saturated rings. The molecule has 34 heavy (non-hydrogen) atoms. The smallest absolute Gasteiger partial charge is 0.196 e.